The first kappa shape index (κ1) is 8.77. The van der Waals surface area contributed by atoms with Crippen molar-refractivity contribution >= 4 is 26.3 Å². The molecule has 0 aliphatic heterocycles. The molecule has 0 aliphatic rings. The SMILES string of the molecule is CCSS(=O)(=O)NC=O. The van der Waals surface area contributed by atoms with Crippen molar-refractivity contribution in [3.63, 3.8) is 0 Å². The third-order valence-corrected chi connectivity index (χ3v) is 3.32. The van der Waals surface area contributed by atoms with Crippen LogP contribution in [0, 0.1) is 0 Å². The van der Waals surface area contributed by atoms with Crippen LogP contribution >= 0.6 is 10.8 Å². The summed E-state index contributed by atoms with van der Waals surface area (Å²) in [5.41, 5.74) is 0. The Kier molecular flexibility index (Phi) is 3.64. The van der Waals surface area contributed by atoms with E-state index in [1.54, 1.807) is 11.6 Å². The lowest BCUT2D eigenvalue weighted by Gasteiger charge is -1.95. The Morgan fingerprint density at radius 3 is 2.56 bits per heavy atom. The molecule has 0 unspecified atom stereocenters. The highest BCUT2D eigenvalue weighted by molar-refractivity contribution is 8.71. The van der Waals surface area contributed by atoms with Crippen LogP contribution in [0.15, 0.2) is 0 Å². The Morgan fingerprint density at radius 2 is 2.22 bits per heavy atom. The van der Waals surface area contributed by atoms with Crippen molar-refractivity contribution in [2.45, 2.75) is 6.92 Å². The van der Waals surface area contributed by atoms with Gasteiger partial charge in [0.2, 0.25) is 6.41 Å². The highest BCUT2D eigenvalue weighted by Gasteiger charge is 2.05. The van der Waals surface area contributed by atoms with E-state index in [0.29, 0.717) is 16.5 Å². The molecular formula is C3H7NO3S2. The van der Waals surface area contributed by atoms with Crippen molar-refractivity contribution in [3.8, 4) is 0 Å². The van der Waals surface area contributed by atoms with Gasteiger partial charge >= 0.3 is 0 Å². The normalized spacial score (nSPS) is 10.8. The summed E-state index contributed by atoms with van der Waals surface area (Å²) < 4.78 is 22.6. The molecule has 54 valence electrons. The third kappa shape index (κ3) is 4.28. The van der Waals surface area contributed by atoms with Crippen molar-refractivity contribution < 1.29 is 13.2 Å². The molecule has 4 nitrogen and oxygen atoms in total. The van der Waals surface area contributed by atoms with Crippen LogP contribution in [0.1, 0.15) is 6.92 Å². The van der Waals surface area contributed by atoms with Gasteiger partial charge in [-0.2, -0.15) is 8.42 Å². The van der Waals surface area contributed by atoms with Crippen molar-refractivity contribution in [2.75, 3.05) is 5.75 Å². The number of amides is 1. The summed E-state index contributed by atoms with van der Waals surface area (Å²) in [5.74, 6) is 0.434. The number of carbonyl (C=O) groups is 1. The lowest BCUT2D eigenvalue weighted by Crippen LogP contribution is -2.17. The van der Waals surface area contributed by atoms with Gasteiger partial charge in [-0.25, -0.2) is 4.72 Å². The largest absolute Gasteiger partial charge is 0.288 e. The molecule has 1 amide bonds. The van der Waals surface area contributed by atoms with Crippen LogP contribution in [0.3, 0.4) is 0 Å². The molecule has 0 fully saturated rings. The Hall–Kier alpha value is -0.230. The molecule has 0 rings (SSSR count). The monoisotopic (exact) mass is 169 g/mol. The van der Waals surface area contributed by atoms with E-state index in [-0.39, 0.29) is 6.41 Å². The predicted octanol–water partition coefficient (Wildman–Crippen LogP) is -0.270. The molecule has 0 spiro atoms. The van der Waals surface area contributed by atoms with Gasteiger partial charge in [-0.05, 0) is 10.8 Å². The zero-order chi connectivity index (χ0) is 7.33. The lowest BCUT2D eigenvalue weighted by atomic mass is 11.0. The number of hydrogen-bond acceptors (Lipinski definition) is 4. The molecule has 0 aromatic heterocycles. The maximum absolute atomic E-state index is 10.5. The quantitative estimate of drug-likeness (QED) is 0.465. The molecule has 0 bridgehead atoms. The summed E-state index contributed by atoms with van der Waals surface area (Å²) >= 11 is 0. The lowest BCUT2D eigenvalue weighted by molar-refractivity contribution is -0.108. The van der Waals surface area contributed by atoms with Gasteiger partial charge in [-0.1, -0.05) is 6.92 Å². The second kappa shape index (κ2) is 3.73. The molecule has 1 N–H and O–H groups in total. The van der Waals surface area contributed by atoms with Crippen LogP contribution in [0.2, 0.25) is 0 Å². The van der Waals surface area contributed by atoms with E-state index in [4.69, 9.17) is 0 Å². The van der Waals surface area contributed by atoms with Gasteiger partial charge in [0.15, 0.2) is 0 Å². The molecule has 0 heterocycles. The van der Waals surface area contributed by atoms with Crippen LogP contribution in [-0.2, 0) is 13.8 Å². The van der Waals surface area contributed by atoms with Crippen LogP contribution in [0.25, 0.3) is 0 Å². The van der Waals surface area contributed by atoms with Crippen molar-refractivity contribution in [1.29, 1.82) is 0 Å². The molecular weight excluding hydrogens is 162 g/mol. The minimum Gasteiger partial charge on any atom is -0.278 e. The molecule has 9 heavy (non-hydrogen) atoms. The fourth-order valence-corrected chi connectivity index (χ4v) is 2.00. The Bertz CT molecular complexity index is 173. The zero-order valence-electron chi connectivity index (χ0n) is 4.83. The minimum absolute atomic E-state index is 0.151. The van der Waals surface area contributed by atoms with Gasteiger partial charge in [0, 0.05) is 5.75 Å². The van der Waals surface area contributed by atoms with Gasteiger partial charge in [-0.3, -0.25) is 4.79 Å². The second-order valence-electron chi connectivity index (χ2n) is 1.10. The number of nitrogens with one attached hydrogen (secondary N) is 1. The summed E-state index contributed by atoms with van der Waals surface area (Å²) in [7, 11) is -2.70. The molecule has 0 radical (unpaired) electrons. The average Bonchev–Trinajstić information content (AvgIpc) is 1.64. The Balaban J connectivity index is 3.88. The topological polar surface area (TPSA) is 63.2 Å². The first-order chi connectivity index (χ1) is 4.12. The van der Waals surface area contributed by atoms with Gasteiger partial charge in [-0.15, -0.1) is 0 Å². The van der Waals surface area contributed by atoms with Gasteiger partial charge in [0.05, 0.1) is 0 Å². The molecule has 0 saturated carbocycles. The smallest absolute Gasteiger partial charge is 0.278 e. The molecule has 0 atom stereocenters. The van der Waals surface area contributed by atoms with Crippen LogP contribution < -0.4 is 4.72 Å². The highest BCUT2D eigenvalue weighted by atomic mass is 33.1. The maximum Gasteiger partial charge on any atom is 0.288 e. The van der Waals surface area contributed by atoms with Crippen molar-refractivity contribution in [3.05, 3.63) is 0 Å². The summed E-state index contributed by atoms with van der Waals surface area (Å²) in [6.07, 6.45) is 0.151. The van der Waals surface area contributed by atoms with Gasteiger partial charge < -0.3 is 0 Å². The fourth-order valence-electron chi connectivity index (χ4n) is 0.248. The minimum atomic E-state index is -3.38. The van der Waals surface area contributed by atoms with Gasteiger partial charge in [0.25, 0.3) is 9.06 Å². The van der Waals surface area contributed by atoms with E-state index in [9.17, 15) is 13.2 Å². The van der Waals surface area contributed by atoms with Crippen molar-refractivity contribution in [1.82, 2.24) is 4.72 Å². The number of carbonyl (C=O) groups excluding carboxylic acids is 1. The van der Waals surface area contributed by atoms with E-state index < -0.39 is 9.06 Å². The Labute approximate surface area is 57.5 Å². The standard InChI is InChI=1S/C3H7NO3S2/c1-2-8-9(6,7)4-3-5/h3H,2H2,1H3,(H,4,5). The summed E-state index contributed by atoms with van der Waals surface area (Å²) in [5, 5.41) is 0. The first-order valence-electron chi connectivity index (χ1n) is 2.22. The molecule has 0 aromatic rings. The van der Waals surface area contributed by atoms with Gasteiger partial charge in [0.1, 0.15) is 0 Å². The summed E-state index contributed by atoms with van der Waals surface area (Å²) in [4.78, 5) is 9.59. The number of rotatable bonds is 4. The Morgan fingerprint density at radius 1 is 1.67 bits per heavy atom. The zero-order valence-corrected chi connectivity index (χ0v) is 6.46. The highest BCUT2D eigenvalue weighted by Crippen LogP contribution is 2.06. The van der Waals surface area contributed by atoms with Crippen LogP contribution in [0.4, 0.5) is 0 Å². The van der Waals surface area contributed by atoms with Crippen LogP contribution in [-0.4, -0.2) is 20.6 Å². The molecule has 0 aliphatic carbocycles. The average molecular weight is 169 g/mol. The fraction of sp³-hybridized carbons (Fsp3) is 0.667. The van der Waals surface area contributed by atoms with E-state index in [1.807, 2.05) is 0 Å². The van der Waals surface area contributed by atoms with E-state index in [1.165, 1.54) is 0 Å². The van der Waals surface area contributed by atoms with Crippen molar-refractivity contribution in [2.24, 2.45) is 0 Å². The predicted molar refractivity (Wildman–Crippen MR) is 36.3 cm³/mol. The first-order valence-corrected chi connectivity index (χ1v) is 5.21. The van der Waals surface area contributed by atoms with E-state index in [0.717, 1.165) is 0 Å². The summed E-state index contributed by atoms with van der Waals surface area (Å²) in [6.45, 7) is 1.69. The summed E-state index contributed by atoms with van der Waals surface area (Å²) in [6, 6.07) is 0. The van der Waals surface area contributed by atoms with E-state index in [2.05, 4.69) is 0 Å². The van der Waals surface area contributed by atoms with Crippen LogP contribution in [0.5, 0.6) is 0 Å². The van der Waals surface area contributed by atoms with E-state index >= 15 is 0 Å². The molecule has 6 heteroatoms. The third-order valence-electron chi connectivity index (χ3n) is 0.465. The maximum atomic E-state index is 10.5. The second-order valence-corrected chi connectivity index (χ2v) is 5.08. The molecule has 0 aromatic carbocycles. The number of hydrogen-bond donors (Lipinski definition) is 1. The molecule has 0 saturated heterocycles.